The first kappa shape index (κ1) is 16.9. The molecule has 0 rings (SSSR count). The van der Waals surface area contributed by atoms with E-state index in [9.17, 15) is 0 Å². The molecule has 0 aliphatic rings. The molecule has 0 fully saturated rings. The molecule has 0 heterocycles. The van der Waals surface area contributed by atoms with Gasteiger partial charge in [0.1, 0.15) is 0 Å². The van der Waals surface area contributed by atoms with E-state index in [1.807, 2.05) is 0 Å². The molecule has 3 heteroatoms. The van der Waals surface area contributed by atoms with Gasteiger partial charge in [-0.3, -0.25) is 0 Å². The van der Waals surface area contributed by atoms with Crippen LogP contribution in [0.3, 0.4) is 0 Å². The Bertz CT molecular complexity index is 158. The molecule has 2 unspecified atom stereocenters. The third-order valence-corrected chi connectivity index (χ3v) is 3.56. The number of hydrogen-bond donors (Lipinski definition) is 1. The lowest BCUT2D eigenvalue weighted by atomic mass is 9.94. The lowest BCUT2D eigenvalue weighted by Gasteiger charge is -2.25. The van der Waals surface area contributed by atoms with Crippen LogP contribution < -0.4 is 5.73 Å². The molecular weight excluding hydrogens is 212 g/mol. The molecule has 0 bridgehead atoms. The fraction of sp³-hybridized carbons (Fsp3) is 1.00. The Morgan fingerprint density at radius 1 is 1.24 bits per heavy atom. The van der Waals surface area contributed by atoms with Crippen LogP contribution in [0.15, 0.2) is 0 Å². The molecular formula is C14H32N2O. The fourth-order valence-corrected chi connectivity index (χ4v) is 2.30. The van der Waals surface area contributed by atoms with Gasteiger partial charge in [-0.15, -0.1) is 0 Å². The number of rotatable bonds is 11. The van der Waals surface area contributed by atoms with E-state index in [0.29, 0.717) is 6.04 Å². The standard InChI is InChI=1S/C14H32N2O/c1-5-7-14(9-10-15)8-6-11-16(3)13(2)12-17-4/h13-14H,5-12,15H2,1-4H3. The highest BCUT2D eigenvalue weighted by atomic mass is 16.5. The number of nitrogens with two attached hydrogens (primary N) is 1. The number of ether oxygens (including phenoxy) is 1. The molecule has 2 atom stereocenters. The summed E-state index contributed by atoms with van der Waals surface area (Å²) < 4.78 is 5.17. The van der Waals surface area contributed by atoms with Gasteiger partial charge < -0.3 is 15.4 Å². The quantitative estimate of drug-likeness (QED) is 0.607. The zero-order valence-corrected chi connectivity index (χ0v) is 12.2. The van der Waals surface area contributed by atoms with Gasteiger partial charge in [0.2, 0.25) is 0 Å². The van der Waals surface area contributed by atoms with E-state index < -0.39 is 0 Å². The second-order valence-electron chi connectivity index (χ2n) is 5.16. The summed E-state index contributed by atoms with van der Waals surface area (Å²) >= 11 is 0. The Kier molecular flexibility index (Phi) is 10.9. The molecule has 2 N–H and O–H groups in total. The zero-order valence-electron chi connectivity index (χ0n) is 12.2. The highest BCUT2D eigenvalue weighted by Crippen LogP contribution is 2.17. The molecule has 3 nitrogen and oxygen atoms in total. The predicted octanol–water partition coefficient (Wildman–Crippen LogP) is 2.50. The molecule has 17 heavy (non-hydrogen) atoms. The van der Waals surface area contributed by atoms with E-state index in [4.69, 9.17) is 10.5 Å². The topological polar surface area (TPSA) is 38.5 Å². The van der Waals surface area contributed by atoms with Crippen molar-refractivity contribution in [2.24, 2.45) is 11.7 Å². The molecule has 0 saturated carbocycles. The normalized spacial score (nSPS) is 15.2. The summed E-state index contributed by atoms with van der Waals surface area (Å²) in [6.45, 7) is 7.29. The van der Waals surface area contributed by atoms with Gasteiger partial charge in [-0.1, -0.05) is 19.8 Å². The van der Waals surface area contributed by atoms with Gasteiger partial charge in [0, 0.05) is 13.2 Å². The van der Waals surface area contributed by atoms with Gasteiger partial charge in [-0.05, 0) is 52.2 Å². The third kappa shape index (κ3) is 8.58. The van der Waals surface area contributed by atoms with Crippen LogP contribution in [-0.4, -0.2) is 44.8 Å². The van der Waals surface area contributed by atoms with Gasteiger partial charge in [0.15, 0.2) is 0 Å². The maximum Gasteiger partial charge on any atom is 0.0615 e. The van der Waals surface area contributed by atoms with E-state index in [2.05, 4.69) is 25.8 Å². The van der Waals surface area contributed by atoms with Gasteiger partial charge in [-0.2, -0.15) is 0 Å². The molecule has 0 radical (unpaired) electrons. The smallest absolute Gasteiger partial charge is 0.0615 e. The molecule has 0 spiro atoms. The van der Waals surface area contributed by atoms with E-state index in [-0.39, 0.29) is 0 Å². The molecule has 0 aromatic heterocycles. The number of nitrogens with zero attached hydrogens (tertiary/aromatic N) is 1. The first-order valence-corrected chi connectivity index (χ1v) is 7.04. The molecule has 0 amide bonds. The molecule has 0 aliphatic heterocycles. The van der Waals surface area contributed by atoms with Crippen LogP contribution in [0.1, 0.15) is 46.0 Å². The van der Waals surface area contributed by atoms with E-state index in [0.717, 1.165) is 25.6 Å². The summed E-state index contributed by atoms with van der Waals surface area (Å²) in [7, 11) is 3.95. The molecule has 0 aliphatic carbocycles. The average molecular weight is 244 g/mol. The lowest BCUT2D eigenvalue weighted by molar-refractivity contribution is 0.113. The Hall–Kier alpha value is -0.120. The monoisotopic (exact) mass is 244 g/mol. The van der Waals surface area contributed by atoms with Crippen LogP contribution in [0.5, 0.6) is 0 Å². The summed E-state index contributed by atoms with van der Waals surface area (Å²) in [5, 5.41) is 0. The Balaban J connectivity index is 3.70. The van der Waals surface area contributed by atoms with Crippen molar-refractivity contribution in [1.82, 2.24) is 4.90 Å². The third-order valence-electron chi connectivity index (χ3n) is 3.56. The molecule has 0 aromatic rings. The van der Waals surface area contributed by atoms with Crippen molar-refractivity contribution in [2.75, 3.05) is 33.9 Å². The van der Waals surface area contributed by atoms with E-state index >= 15 is 0 Å². The highest BCUT2D eigenvalue weighted by molar-refractivity contribution is 4.65. The molecule has 0 saturated heterocycles. The second kappa shape index (κ2) is 11.0. The lowest BCUT2D eigenvalue weighted by Crippen LogP contribution is -2.33. The van der Waals surface area contributed by atoms with Crippen molar-refractivity contribution < 1.29 is 4.74 Å². The van der Waals surface area contributed by atoms with E-state index in [1.165, 1.54) is 32.1 Å². The van der Waals surface area contributed by atoms with Gasteiger partial charge in [0.05, 0.1) is 6.61 Å². The predicted molar refractivity (Wildman–Crippen MR) is 75.3 cm³/mol. The van der Waals surface area contributed by atoms with Gasteiger partial charge in [-0.25, -0.2) is 0 Å². The minimum atomic E-state index is 0.513. The summed E-state index contributed by atoms with van der Waals surface area (Å²) in [4.78, 5) is 2.38. The summed E-state index contributed by atoms with van der Waals surface area (Å²) in [5.74, 6) is 0.830. The summed E-state index contributed by atoms with van der Waals surface area (Å²) in [6, 6.07) is 0.513. The zero-order chi connectivity index (χ0) is 13.1. The number of likely N-dealkylation sites (N-methyl/N-ethyl adjacent to an activating group) is 1. The van der Waals surface area contributed by atoms with E-state index in [1.54, 1.807) is 7.11 Å². The Morgan fingerprint density at radius 2 is 1.94 bits per heavy atom. The van der Waals surface area contributed by atoms with Gasteiger partial charge >= 0.3 is 0 Å². The maximum atomic E-state index is 5.65. The molecule has 104 valence electrons. The van der Waals surface area contributed by atoms with Crippen molar-refractivity contribution in [3.05, 3.63) is 0 Å². The maximum absolute atomic E-state index is 5.65. The molecule has 0 aromatic carbocycles. The fourth-order valence-electron chi connectivity index (χ4n) is 2.30. The largest absolute Gasteiger partial charge is 0.383 e. The van der Waals surface area contributed by atoms with Crippen LogP contribution in [0.2, 0.25) is 0 Å². The van der Waals surface area contributed by atoms with Gasteiger partial charge in [0.25, 0.3) is 0 Å². The summed E-state index contributed by atoms with van der Waals surface area (Å²) in [5.41, 5.74) is 5.65. The summed E-state index contributed by atoms with van der Waals surface area (Å²) in [6.07, 6.45) is 6.38. The first-order valence-electron chi connectivity index (χ1n) is 7.04. The SMILES string of the molecule is CCCC(CCN)CCCN(C)C(C)COC. The minimum Gasteiger partial charge on any atom is -0.383 e. The van der Waals surface area contributed by atoms with Crippen molar-refractivity contribution in [2.45, 2.75) is 52.0 Å². The van der Waals surface area contributed by atoms with Crippen molar-refractivity contribution >= 4 is 0 Å². The van der Waals surface area contributed by atoms with Crippen LogP contribution in [-0.2, 0) is 4.74 Å². The van der Waals surface area contributed by atoms with Crippen molar-refractivity contribution in [3.8, 4) is 0 Å². The number of hydrogen-bond acceptors (Lipinski definition) is 3. The van der Waals surface area contributed by atoms with Crippen LogP contribution >= 0.6 is 0 Å². The Labute approximate surface area is 108 Å². The van der Waals surface area contributed by atoms with Crippen LogP contribution in [0.25, 0.3) is 0 Å². The van der Waals surface area contributed by atoms with Crippen LogP contribution in [0.4, 0.5) is 0 Å². The number of methoxy groups -OCH3 is 1. The highest BCUT2D eigenvalue weighted by Gasteiger charge is 2.10. The Morgan fingerprint density at radius 3 is 2.47 bits per heavy atom. The van der Waals surface area contributed by atoms with Crippen LogP contribution in [0, 0.1) is 5.92 Å². The van der Waals surface area contributed by atoms with Crippen molar-refractivity contribution in [3.63, 3.8) is 0 Å². The average Bonchev–Trinajstić information content (AvgIpc) is 2.29. The van der Waals surface area contributed by atoms with Crippen molar-refractivity contribution in [1.29, 1.82) is 0 Å². The minimum absolute atomic E-state index is 0.513. The first-order chi connectivity index (χ1) is 8.15. The second-order valence-corrected chi connectivity index (χ2v) is 5.16.